The van der Waals surface area contributed by atoms with Crippen LogP contribution in [0.5, 0.6) is 11.5 Å². The average molecular weight is 445 g/mol. The van der Waals surface area contributed by atoms with Gasteiger partial charge in [-0.1, -0.05) is 41.9 Å². The molecule has 0 saturated carbocycles. The zero-order chi connectivity index (χ0) is 21.7. The fourth-order valence-corrected chi connectivity index (χ4v) is 3.76. The molecule has 0 spiro atoms. The highest BCUT2D eigenvalue weighted by atomic mass is 35.5. The Morgan fingerprint density at radius 1 is 0.967 bits per heavy atom. The first-order valence-corrected chi connectivity index (χ1v) is 10.9. The predicted molar refractivity (Wildman–Crippen MR) is 116 cm³/mol. The Balaban J connectivity index is 1.67. The van der Waals surface area contributed by atoms with Gasteiger partial charge >= 0.3 is 0 Å². The quantitative estimate of drug-likeness (QED) is 0.589. The van der Waals surface area contributed by atoms with E-state index in [1.54, 1.807) is 0 Å². The summed E-state index contributed by atoms with van der Waals surface area (Å²) in [6.45, 7) is 0.255. The van der Waals surface area contributed by atoms with Crippen LogP contribution < -0.4 is 10.1 Å². The van der Waals surface area contributed by atoms with Crippen LogP contribution in [0.1, 0.15) is 15.9 Å². The molecular formula is C22H21ClN2O4S. The summed E-state index contributed by atoms with van der Waals surface area (Å²) in [6.07, 6.45) is 0. The van der Waals surface area contributed by atoms with Crippen molar-refractivity contribution in [2.24, 2.45) is 0 Å². The van der Waals surface area contributed by atoms with Crippen molar-refractivity contribution in [3.05, 3.63) is 88.9 Å². The Hall–Kier alpha value is -2.87. The van der Waals surface area contributed by atoms with E-state index in [0.717, 1.165) is 15.6 Å². The molecular weight excluding hydrogens is 424 g/mol. The average Bonchev–Trinajstić information content (AvgIpc) is 2.74. The van der Waals surface area contributed by atoms with Crippen LogP contribution >= 0.6 is 11.6 Å². The minimum Gasteiger partial charge on any atom is -0.457 e. The number of para-hydroxylation sites is 1. The molecule has 0 atom stereocenters. The van der Waals surface area contributed by atoms with Gasteiger partial charge in [0.1, 0.15) is 11.5 Å². The van der Waals surface area contributed by atoms with E-state index in [1.807, 2.05) is 54.6 Å². The lowest BCUT2D eigenvalue weighted by Crippen LogP contribution is -2.25. The number of rotatable bonds is 7. The van der Waals surface area contributed by atoms with Gasteiger partial charge in [0.15, 0.2) is 0 Å². The van der Waals surface area contributed by atoms with E-state index in [2.05, 4.69) is 5.32 Å². The molecule has 30 heavy (non-hydrogen) atoms. The van der Waals surface area contributed by atoms with Gasteiger partial charge in [-0.25, -0.2) is 12.7 Å². The molecule has 0 radical (unpaired) electrons. The Morgan fingerprint density at radius 2 is 1.60 bits per heavy atom. The number of hydrogen-bond donors (Lipinski definition) is 1. The van der Waals surface area contributed by atoms with Gasteiger partial charge in [0, 0.05) is 20.6 Å². The zero-order valence-corrected chi connectivity index (χ0v) is 18.1. The predicted octanol–water partition coefficient (Wildman–Crippen LogP) is 4.31. The van der Waals surface area contributed by atoms with Gasteiger partial charge in [0.05, 0.1) is 15.5 Å². The number of ether oxygens (including phenoxy) is 1. The molecule has 0 aliphatic rings. The monoisotopic (exact) mass is 444 g/mol. The van der Waals surface area contributed by atoms with Gasteiger partial charge in [-0.3, -0.25) is 4.79 Å². The van der Waals surface area contributed by atoms with Crippen molar-refractivity contribution in [3.63, 3.8) is 0 Å². The molecule has 0 aliphatic carbocycles. The first kappa shape index (κ1) is 21.8. The molecule has 6 nitrogen and oxygen atoms in total. The van der Waals surface area contributed by atoms with Crippen LogP contribution in [-0.2, 0) is 16.6 Å². The molecule has 1 N–H and O–H groups in total. The van der Waals surface area contributed by atoms with E-state index < -0.39 is 15.9 Å². The Kier molecular flexibility index (Phi) is 6.77. The second-order valence-corrected chi connectivity index (χ2v) is 9.23. The standard InChI is InChI=1S/C22H21ClN2O4S/c1-25(2)30(27,28)19-12-13-21(23)20(14-19)22(26)24-15-16-8-10-18(11-9-16)29-17-6-4-3-5-7-17/h3-14H,15H2,1-2H3,(H,24,26). The Morgan fingerprint density at radius 3 is 2.23 bits per heavy atom. The lowest BCUT2D eigenvalue weighted by molar-refractivity contribution is 0.0951. The van der Waals surface area contributed by atoms with Crippen molar-refractivity contribution in [3.8, 4) is 11.5 Å². The normalized spacial score (nSPS) is 11.3. The molecule has 156 valence electrons. The Bertz CT molecular complexity index is 1130. The van der Waals surface area contributed by atoms with Gasteiger partial charge in [-0.05, 0) is 48.0 Å². The second kappa shape index (κ2) is 9.30. The Labute approximate surface area is 181 Å². The fraction of sp³-hybridized carbons (Fsp3) is 0.136. The van der Waals surface area contributed by atoms with E-state index in [9.17, 15) is 13.2 Å². The minimum absolute atomic E-state index is 0.00413. The zero-order valence-electron chi connectivity index (χ0n) is 16.5. The highest BCUT2D eigenvalue weighted by Crippen LogP contribution is 2.23. The molecule has 3 aromatic carbocycles. The van der Waals surface area contributed by atoms with E-state index in [4.69, 9.17) is 16.3 Å². The van der Waals surface area contributed by atoms with Crippen molar-refractivity contribution in [1.29, 1.82) is 0 Å². The summed E-state index contributed by atoms with van der Waals surface area (Å²) >= 11 is 6.11. The maximum atomic E-state index is 12.6. The van der Waals surface area contributed by atoms with Crippen molar-refractivity contribution in [1.82, 2.24) is 9.62 Å². The number of carbonyl (C=O) groups is 1. The lowest BCUT2D eigenvalue weighted by Gasteiger charge is -2.13. The summed E-state index contributed by atoms with van der Waals surface area (Å²) in [5.74, 6) is 0.960. The van der Waals surface area contributed by atoms with Gasteiger partial charge in [0.25, 0.3) is 5.91 Å². The fourth-order valence-electron chi connectivity index (χ4n) is 2.63. The highest BCUT2D eigenvalue weighted by molar-refractivity contribution is 7.89. The van der Waals surface area contributed by atoms with Crippen LogP contribution in [0.25, 0.3) is 0 Å². The molecule has 0 unspecified atom stereocenters. The van der Waals surface area contributed by atoms with Crippen LogP contribution in [0.2, 0.25) is 5.02 Å². The van der Waals surface area contributed by atoms with Crippen molar-refractivity contribution >= 4 is 27.5 Å². The number of nitrogens with zero attached hydrogens (tertiary/aromatic N) is 1. The third kappa shape index (κ3) is 5.18. The van der Waals surface area contributed by atoms with Gasteiger partial charge in [0.2, 0.25) is 10.0 Å². The first-order chi connectivity index (χ1) is 14.3. The summed E-state index contributed by atoms with van der Waals surface area (Å²) in [5.41, 5.74) is 0.959. The summed E-state index contributed by atoms with van der Waals surface area (Å²) in [7, 11) is -0.816. The van der Waals surface area contributed by atoms with Crippen molar-refractivity contribution in [2.45, 2.75) is 11.4 Å². The molecule has 0 aliphatic heterocycles. The van der Waals surface area contributed by atoms with Crippen molar-refractivity contribution < 1.29 is 17.9 Å². The first-order valence-electron chi connectivity index (χ1n) is 9.09. The highest BCUT2D eigenvalue weighted by Gasteiger charge is 2.20. The van der Waals surface area contributed by atoms with Crippen LogP contribution in [0.3, 0.4) is 0 Å². The van der Waals surface area contributed by atoms with Crippen LogP contribution in [0, 0.1) is 0 Å². The summed E-state index contributed by atoms with van der Waals surface area (Å²) in [6, 6.07) is 20.8. The van der Waals surface area contributed by atoms with E-state index in [-0.39, 0.29) is 22.0 Å². The lowest BCUT2D eigenvalue weighted by atomic mass is 10.2. The van der Waals surface area contributed by atoms with Gasteiger partial charge < -0.3 is 10.1 Å². The van der Waals surface area contributed by atoms with Gasteiger partial charge in [-0.15, -0.1) is 0 Å². The minimum atomic E-state index is -3.67. The summed E-state index contributed by atoms with van der Waals surface area (Å²) in [5, 5.41) is 2.94. The number of halogens is 1. The number of benzene rings is 3. The maximum Gasteiger partial charge on any atom is 0.253 e. The number of carbonyl (C=O) groups excluding carboxylic acids is 1. The summed E-state index contributed by atoms with van der Waals surface area (Å²) < 4.78 is 31.4. The second-order valence-electron chi connectivity index (χ2n) is 6.67. The molecule has 0 heterocycles. The molecule has 8 heteroatoms. The molecule has 3 rings (SSSR count). The molecule has 3 aromatic rings. The third-order valence-corrected chi connectivity index (χ3v) is 6.46. The SMILES string of the molecule is CN(C)S(=O)(=O)c1ccc(Cl)c(C(=O)NCc2ccc(Oc3ccccc3)cc2)c1. The number of amides is 1. The number of nitrogens with one attached hydrogen (secondary N) is 1. The van der Waals surface area contributed by atoms with E-state index in [1.165, 1.54) is 32.3 Å². The van der Waals surface area contributed by atoms with Crippen LogP contribution in [-0.4, -0.2) is 32.7 Å². The molecule has 0 saturated heterocycles. The summed E-state index contributed by atoms with van der Waals surface area (Å²) in [4.78, 5) is 12.6. The van der Waals surface area contributed by atoms with Crippen molar-refractivity contribution in [2.75, 3.05) is 14.1 Å². The molecule has 0 fully saturated rings. The molecule has 1 amide bonds. The largest absolute Gasteiger partial charge is 0.457 e. The van der Waals surface area contributed by atoms with Crippen LogP contribution in [0.4, 0.5) is 0 Å². The third-order valence-electron chi connectivity index (χ3n) is 4.32. The molecule has 0 bridgehead atoms. The van der Waals surface area contributed by atoms with Crippen LogP contribution in [0.15, 0.2) is 77.7 Å². The van der Waals surface area contributed by atoms with E-state index >= 15 is 0 Å². The topological polar surface area (TPSA) is 75.7 Å². The maximum absolute atomic E-state index is 12.6. The van der Waals surface area contributed by atoms with Gasteiger partial charge in [-0.2, -0.15) is 0 Å². The number of sulfonamides is 1. The molecule has 0 aromatic heterocycles. The smallest absolute Gasteiger partial charge is 0.253 e. The van der Waals surface area contributed by atoms with E-state index in [0.29, 0.717) is 5.75 Å². The number of hydrogen-bond acceptors (Lipinski definition) is 4.